The minimum Gasteiger partial charge on any atom is -0.475 e. The Bertz CT molecular complexity index is 333. The highest BCUT2D eigenvalue weighted by molar-refractivity contribution is 6.32. The van der Waals surface area contributed by atoms with Gasteiger partial charge in [-0.05, 0) is 12.8 Å². The highest BCUT2D eigenvalue weighted by atomic mass is 35.5. The van der Waals surface area contributed by atoms with Crippen molar-refractivity contribution < 1.29 is 4.74 Å². The van der Waals surface area contributed by atoms with Crippen molar-refractivity contribution in [1.82, 2.24) is 9.78 Å². The van der Waals surface area contributed by atoms with Crippen LogP contribution >= 0.6 is 11.6 Å². The first-order valence-corrected chi connectivity index (χ1v) is 5.17. The number of hydrogen-bond donors (Lipinski definition) is 1. The monoisotopic (exact) mass is 215 g/mol. The molecule has 78 valence electrons. The fraction of sp³-hybridized carbons (Fsp3) is 0.667. The summed E-state index contributed by atoms with van der Waals surface area (Å²) in [5.41, 5.74) is 6.33. The maximum absolute atomic E-state index is 6.15. The van der Waals surface area contributed by atoms with Crippen LogP contribution in [-0.4, -0.2) is 22.9 Å². The van der Waals surface area contributed by atoms with Gasteiger partial charge >= 0.3 is 0 Å². The molecule has 1 aliphatic carbocycles. The van der Waals surface area contributed by atoms with Crippen molar-refractivity contribution in [2.24, 2.45) is 12.8 Å². The average molecular weight is 216 g/mol. The van der Waals surface area contributed by atoms with Gasteiger partial charge in [-0.15, -0.1) is 0 Å². The van der Waals surface area contributed by atoms with E-state index >= 15 is 0 Å². The van der Waals surface area contributed by atoms with E-state index in [1.54, 1.807) is 4.68 Å². The van der Waals surface area contributed by atoms with Gasteiger partial charge < -0.3 is 10.5 Å². The van der Waals surface area contributed by atoms with Crippen LogP contribution in [0.5, 0.6) is 5.88 Å². The van der Waals surface area contributed by atoms with Crippen LogP contribution in [0.4, 0.5) is 0 Å². The molecule has 2 rings (SSSR count). The summed E-state index contributed by atoms with van der Waals surface area (Å²) in [4.78, 5) is 0. The normalized spacial score (nSPS) is 15.9. The zero-order valence-electron chi connectivity index (χ0n) is 8.16. The van der Waals surface area contributed by atoms with E-state index in [2.05, 4.69) is 5.10 Å². The molecule has 1 saturated carbocycles. The predicted octanol–water partition coefficient (Wildman–Crippen LogP) is 1.29. The largest absolute Gasteiger partial charge is 0.475 e. The van der Waals surface area contributed by atoms with Crippen molar-refractivity contribution in [1.29, 1.82) is 0 Å². The van der Waals surface area contributed by atoms with Crippen LogP contribution in [0, 0.1) is 0 Å². The molecule has 1 aliphatic rings. The SMILES string of the molecule is Cn1nc(C2CC2)c(Cl)c1OCCN. The summed E-state index contributed by atoms with van der Waals surface area (Å²) < 4.78 is 7.10. The third-order valence-electron chi connectivity index (χ3n) is 2.28. The summed E-state index contributed by atoms with van der Waals surface area (Å²) in [6, 6.07) is 0. The number of aryl methyl sites for hydroxylation is 1. The first-order valence-electron chi connectivity index (χ1n) is 4.79. The average Bonchev–Trinajstić information content (AvgIpc) is 2.94. The van der Waals surface area contributed by atoms with Gasteiger partial charge in [0, 0.05) is 19.5 Å². The van der Waals surface area contributed by atoms with Crippen molar-refractivity contribution in [3.63, 3.8) is 0 Å². The smallest absolute Gasteiger partial charge is 0.231 e. The maximum atomic E-state index is 6.15. The van der Waals surface area contributed by atoms with E-state index in [0.717, 1.165) is 5.69 Å². The topological polar surface area (TPSA) is 53.1 Å². The van der Waals surface area contributed by atoms with Crippen molar-refractivity contribution in [3.8, 4) is 5.88 Å². The molecule has 1 aromatic heterocycles. The molecule has 0 saturated heterocycles. The molecule has 2 N–H and O–H groups in total. The second kappa shape index (κ2) is 3.79. The van der Waals surface area contributed by atoms with E-state index in [1.807, 2.05) is 7.05 Å². The Labute approximate surface area is 88.0 Å². The van der Waals surface area contributed by atoms with Gasteiger partial charge in [0.1, 0.15) is 11.6 Å². The van der Waals surface area contributed by atoms with Crippen molar-refractivity contribution in [2.75, 3.05) is 13.2 Å². The number of halogens is 1. The first-order chi connectivity index (χ1) is 6.74. The van der Waals surface area contributed by atoms with Gasteiger partial charge in [-0.25, -0.2) is 4.68 Å². The Morgan fingerprint density at radius 2 is 2.36 bits per heavy atom. The molecular weight excluding hydrogens is 202 g/mol. The Morgan fingerprint density at radius 3 is 2.93 bits per heavy atom. The van der Waals surface area contributed by atoms with Gasteiger partial charge in [-0.1, -0.05) is 11.6 Å². The molecule has 4 nitrogen and oxygen atoms in total. The number of hydrogen-bond acceptors (Lipinski definition) is 3. The second-order valence-electron chi connectivity index (χ2n) is 3.54. The number of rotatable bonds is 4. The second-order valence-corrected chi connectivity index (χ2v) is 3.92. The molecule has 0 bridgehead atoms. The Hall–Kier alpha value is -0.740. The van der Waals surface area contributed by atoms with Gasteiger partial charge in [0.05, 0.1) is 5.69 Å². The van der Waals surface area contributed by atoms with Gasteiger partial charge in [0.2, 0.25) is 5.88 Å². The highest BCUT2D eigenvalue weighted by Gasteiger charge is 2.31. The third-order valence-corrected chi connectivity index (χ3v) is 2.64. The Kier molecular flexibility index (Phi) is 2.65. The molecule has 14 heavy (non-hydrogen) atoms. The predicted molar refractivity (Wildman–Crippen MR) is 54.7 cm³/mol. The fourth-order valence-electron chi connectivity index (χ4n) is 1.43. The van der Waals surface area contributed by atoms with Crippen LogP contribution in [-0.2, 0) is 7.05 Å². The van der Waals surface area contributed by atoms with E-state index in [1.165, 1.54) is 12.8 Å². The Morgan fingerprint density at radius 1 is 1.64 bits per heavy atom. The van der Waals surface area contributed by atoms with E-state index in [4.69, 9.17) is 22.1 Å². The van der Waals surface area contributed by atoms with E-state index < -0.39 is 0 Å². The molecule has 0 amide bonds. The number of aromatic nitrogens is 2. The van der Waals surface area contributed by atoms with Crippen LogP contribution in [0.15, 0.2) is 0 Å². The van der Waals surface area contributed by atoms with Gasteiger partial charge in [0.25, 0.3) is 0 Å². The quantitative estimate of drug-likeness (QED) is 0.824. The van der Waals surface area contributed by atoms with Crippen LogP contribution in [0.25, 0.3) is 0 Å². The summed E-state index contributed by atoms with van der Waals surface area (Å²) >= 11 is 6.15. The zero-order valence-corrected chi connectivity index (χ0v) is 8.92. The number of nitrogens with two attached hydrogens (primary N) is 1. The van der Waals surface area contributed by atoms with Gasteiger partial charge in [-0.2, -0.15) is 5.10 Å². The highest BCUT2D eigenvalue weighted by Crippen LogP contribution is 2.44. The van der Waals surface area contributed by atoms with Crippen LogP contribution in [0.1, 0.15) is 24.5 Å². The Balaban J connectivity index is 2.20. The molecule has 1 heterocycles. The van der Waals surface area contributed by atoms with Crippen LogP contribution < -0.4 is 10.5 Å². The van der Waals surface area contributed by atoms with E-state index in [-0.39, 0.29) is 0 Å². The van der Waals surface area contributed by atoms with Crippen molar-refractivity contribution >= 4 is 11.6 Å². The lowest BCUT2D eigenvalue weighted by Gasteiger charge is -2.03. The van der Waals surface area contributed by atoms with Crippen molar-refractivity contribution in [3.05, 3.63) is 10.7 Å². The summed E-state index contributed by atoms with van der Waals surface area (Å²) in [6.07, 6.45) is 2.38. The summed E-state index contributed by atoms with van der Waals surface area (Å²) in [5.74, 6) is 1.18. The van der Waals surface area contributed by atoms with E-state index in [9.17, 15) is 0 Å². The van der Waals surface area contributed by atoms with Gasteiger partial charge in [0.15, 0.2) is 0 Å². The minimum atomic E-state index is 0.476. The lowest BCUT2D eigenvalue weighted by atomic mass is 10.3. The van der Waals surface area contributed by atoms with Crippen LogP contribution in [0.3, 0.4) is 0 Å². The lowest BCUT2D eigenvalue weighted by Crippen LogP contribution is -2.12. The van der Waals surface area contributed by atoms with Crippen LogP contribution in [0.2, 0.25) is 5.02 Å². The number of ether oxygens (including phenoxy) is 1. The molecule has 0 aromatic carbocycles. The molecule has 0 radical (unpaired) electrons. The molecule has 1 fully saturated rings. The zero-order chi connectivity index (χ0) is 10.1. The summed E-state index contributed by atoms with van der Waals surface area (Å²) in [6.45, 7) is 0.962. The third kappa shape index (κ3) is 1.72. The molecule has 0 unspecified atom stereocenters. The molecular formula is C9H14ClN3O. The fourth-order valence-corrected chi connectivity index (χ4v) is 1.80. The van der Waals surface area contributed by atoms with Gasteiger partial charge in [-0.3, -0.25) is 0 Å². The van der Waals surface area contributed by atoms with Crippen molar-refractivity contribution in [2.45, 2.75) is 18.8 Å². The molecule has 0 aliphatic heterocycles. The maximum Gasteiger partial charge on any atom is 0.231 e. The molecule has 5 heteroatoms. The first kappa shape index (κ1) is 9.80. The summed E-state index contributed by atoms with van der Waals surface area (Å²) in [7, 11) is 1.84. The van der Waals surface area contributed by atoms with E-state index in [0.29, 0.717) is 30.0 Å². The summed E-state index contributed by atoms with van der Waals surface area (Å²) in [5, 5.41) is 5.00. The number of nitrogens with zero attached hydrogens (tertiary/aromatic N) is 2. The molecule has 0 atom stereocenters. The minimum absolute atomic E-state index is 0.476. The lowest BCUT2D eigenvalue weighted by molar-refractivity contribution is 0.299. The molecule has 0 spiro atoms. The standard InChI is InChI=1S/C9H14ClN3O/c1-13-9(14-5-4-11)7(10)8(12-13)6-2-3-6/h6H,2-5,11H2,1H3. The molecule has 1 aromatic rings.